The molecular formula is C19H21FN4OS. The van der Waals surface area contributed by atoms with Gasteiger partial charge in [0.1, 0.15) is 11.5 Å². The predicted molar refractivity (Wildman–Crippen MR) is 103 cm³/mol. The number of hydrogen-bond donors (Lipinski definition) is 0. The maximum Gasteiger partial charge on any atom is 0.143 e. The summed E-state index contributed by atoms with van der Waals surface area (Å²) >= 11 is 0.351. The lowest BCUT2D eigenvalue weighted by Crippen LogP contribution is -2.64. The summed E-state index contributed by atoms with van der Waals surface area (Å²) in [5.41, 5.74) is 2.54. The van der Waals surface area contributed by atoms with E-state index >= 15 is 0 Å². The summed E-state index contributed by atoms with van der Waals surface area (Å²) in [5.74, 6) is 1.47. The Kier molecular flexibility index (Phi) is 3.83. The number of hydrogen-bond acceptors (Lipinski definition) is 5. The van der Waals surface area contributed by atoms with Crippen LogP contribution in [0.2, 0.25) is 0 Å². The topological polar surface area (TPSA) is 43.2 Å². The number of ether oxygens (including phenoxy) is 1. The SMILES string of the molecule is Cn1c2ccncc2c2ccc(N3CC4(CC(OCCSF)C4)C3)nc21. The lowest BCUT2D eigenvalue weighted by molar-refractivity contribution is -0.0884. The fourth-order valence-corrected chi connectivity index (χ4v) is 4.69. The Morgan fingerprint density at radius 2 is 2.12 bits per heavy atom. The highest BCUT2D eigenvalue weighted by Crippen LogP contribution is 2.50. The van der Waals surface area contributed by atoms with Gasteiger partial charge in [0.15, 0.2) is 0 Å². The molecule has 4 heterocycles. The van der Waals surface area contributed by atoms with Crippen molar-refractivity contribution < 1.29 is 8.62 Å². The van der Waals surface area contributed by atoms with Crippen LogP contribution in [0.3, 0.4) is 0 Å². The van der Waals surface area contributed by atoms with Crippen LogP contribution in [0.15, 0.2) is 30.6 Å². The Balaban J connectivity index is 1.30. The molecule has 0 unspecified atom stereocenters. The molecule has 3 aromatic heterocycles. The first-order chi connectivity index (χ1) is 12.7. The molecule has 1 aliphatic carbocycles. The molecule has 2 aliphatic rings. The van der Waals surface area contributed by atoms with Gasteiger partial charge in [-0.2, -0.15) is 3.89 Å². The summed E-state index contributed by atoms with van der Waals surface area (Å²) in [6, 6.07) is 6.31. The molecule has 1 saturated heterocycles. The van der Waals surface area contributed by atoms with Crippen molar-refractivity contribution in [2.24, 2.45) is 12.5 Å². The lowest BCUT2D eigenvalue weighted by Gasteiger charge is -2.59. The minimum atomic E-state index is 0.311. The van der Waals surface area contributed by atoms with E-state index in [-0.39, 0.29) is 0 Å². The molecule has 26 heavy (non-hydrogen) atoms. The van der Waals surface area contributed by atoms with Crippen molar-refractivity contribution >= 4 is 39.9 Å². The zero-order chi connectivity index (χ0) is 17.7. The van der Waals surface area contributed by atoms with E-state index in [4.69, 9.17) is 9.72 Å². The van der Waals surface area contributed by atoms with E-state index in [1.165, 1.54) is 0 Å². The Morgan fingerprint density at radius 1 is 1.27 bits per heavy atom. The van der Waals surface area contributed by atoms with Gasteiger partial charge in [0.05, 0.1) is 18.2 Å². The van der Waals surface area contributed by atoms with Gasteiger partial charge in [-0.1, -0.05) is 0 Å². The Bertz CT molecular complexity index is 961. The molecular weight excluding hydrogens is 351 g/mol. The molecule has 0 bridgehead atoms. The molecule has 0 amide bonds. The second-order valence-electron chi connectivity index (χ2n) is 7.56. The van der Waals surface area contributed by atoms with Crippen molar-refractivity contribution in [2.75, 3.05) is 30.3 Å². The summed E-state index contributed by atoms with van der Waals surface area (Å²) in [5, 5.41) is 2.30. The Hall–Kier alpha value is -1.86. The normalized spacial score (nSPS) is 19.2. The van der Waals surface area contributed by atoms with Crippen LogP contribution in [0, 0.1) is 5.41 Å². The van der Waals surface area contributed by atoms with Gasteiger partial charge in [-0.3, -0.25) is 4.98 Å². The summed E-state index contributed by atoms with van der Waals surface area (Å²) in [7, 11) is 2.06. The number of fused-ring (bicyclic) bond motifs is 3. The van der Waals surface area contributed by atoms with Crippen LogP contribution in [0.5, 0.6) is 0 Å². The highest BCUT2D eigenvalue weighted by molar-refractivity contribution is 7.94. The third-order valence-corrected chi connectivity index (χ3v) is 6.16. The molecule has 7 heteroatoms. The second-order valence-corrected chi connectivity index (χ2v) is 8.19. The number of anilines is 1. The molecule has 5 nitrogen and oxygen atoms in total. The van der Waals surface area contributed by atoms with Gasteiger partial charge >= 0.3 is 0 Å². The number of rotatable bonds is 5. The number of aromatic nitrogens is 3. The summed E-state index contributed by atoms with van der Waals surface area (Å²) in [6.45, 7) is 2.59. The van der Waals surface area contributed by atoms with E-state index in [0.29, 0.717) is 36.0 Å². The van der Waals surface area contributed by atoms with Gasteiger partial charge in [-0.15, -0.1) is 0 Å². The smallest absolute Gasteiger partial charge is 0.143 e. The van der Waals surface area contributed by atoms with Gasteiger partial charge in [-0.25, -0.2) is 4.98 Å². The highest BCUT2D eigenvalue weighted by atomic mass is 32.2. The molecule has 0 aromatic carbocycles. The Labute approximate surface area is 155 Å². The minimum Gasteiger partial charge on any atom is -0.377 e. The average molecular weight is 372 g/mol. The molecule has 1 aliphatic heterocycles. The van der Waals surface area contributed by atoms with E-state index in [0.717, 1.165) is 53.7 Å². The number of nitrogens with zero attached hydrogens (tertiary/aromatic N) is 4. The molecule has 0 N–H and O–H groups in total. The quantitative estimate of drug-likeness (QED) is 0.639. The largest absolute Gasteiger partial charge is 0.377 e. The molecule has 2 fully saturated rings. The summed E-state index contributed by atoms with van der Waals surface area (Å²) < 4.78 is 19.9. The number of halogens is 1. The standard InChI is InChI=1S/C19H21FN4OS/c1-23-16-4-5-21-10-15(16)14-2-3-17(22-18(14)23)24-11-19(12-24)8-13(9-19)25-6-7-26-20/h2-5,10,13H,6-9,11-12H2,1H3. The van der Waals surface area contributed by atoms with E-state index in [9.17, 15) is 3.89 Å². The molecule has 1 saturated carbocycles. The predicted octanol–water partition coefficient (Wildman–Crippen LogP) is 3.72. The minimum absolute atomic E-state index is 0.311. The molecule has 0 radical (unpaired) electrons. The maximum atomic E-state index is 12.1. The summed E-state index contributed by atoms with van der Waals surface area (Å²) in [6.07, 6.45) is 6.21. The van der Waals surface area contributed by atoms with Crippen molar-refractivity contribution in [3.63, 3.8) is 0 Å². The highest BCUT2D eigenvalue weighted by Gasteiger charge is 2.53. The molecule has 5 rings (SSSR count). The first-order valence-corrected chi connectivity index (χ1v) is 9.87. The average Bonchev–Trinajstić information content (AvgIpc) is 2.88. The van der Waals surface area contributed by atoms with E-state index in [2.05, 4.69) is 33.6 Å². The van der Waals surface area contributed by atoms with E-state index in [1.54, 1.807) is 0 Å². The first-order valence-electron chi connectivity index (χ1n) is 8.98. The maximum absolute atomic E-state index is 12.1. The third-order valence-electron chi connectivity index (χ3n) is 5.84. The first kappa shape index (κ1) is 16.3. The number of pyridine rings is 2. The van der Waals surface area contributed by atoms with Gasteiger partial charge < -0.3 is 14.2 Å². The third kappa shape index (κ3) is 2.48. The fourth-order valence-electron chi connectivity index (χ4n) is 4.54. The molecule has 0 atom stereocenters. The van der Waals surface area contributed by atoms with Crippen molar-refractivity contribution in [1.82, 2.24) is 14.5 Å². The van der Waals surface area contributed by atoms with Crippen LogP contribution < -0.4 is 4.90 Å². The lowest BCUT2D eigenvalue weighted by atomic mass is 9.62. The fraction of sp³-hybridized carbons (Fsp3) is 0.474. The van der Waals surface area contributed by atoms with Crippen molar-refractivity contribution in [2.45, 2.75) is 18.9 Å². The Morgan fingerprint density at radius 3 is 2.92 bits per heavy atom. The van der Waals surface area contributed by atoms with Gasteiger partial charge in [-0.05, 0) is 31.0 Å². The number of aryl methyl sites for hydroxylation is 1. The van der Waals surface area contributed by atoms with Crippen LogP contribution in [0.4, 0.5) is 9.70 Å². The summed E-state index contributed by atoms with van der Waals surface area (Å²) in [4.78, 5) is 11.5. The van der Waals surface area contributed by atoms with Gasteiger partial charge in [0.25, 0.3) is 0 Å². The van der Waals surface area contributed by atoms with Crippen LogP contribution in [-0.4, -0.2) is 46.1 Å². The van der Waals surface area contributed by atoms with Crippen LogP contribution in [-0.2, 0) is 11.8 Å². The van der Waals surface area contributed by atoms with Crippen molar-refractivity contribution in [3.8, 4) is 0 Å². The van der Waals surface area contributed by atoms with Crippen molar-refractivity contribution in [1.29, 1.82) is 0 Å². The molecule has 1 spiro atoms. The van der Waals surface area contributed by atoms with E-state index in [1.807, 2.05) is 18.5 Å². The van der Waals surface area contributed by atoms with E-state index < -0.39 is 0 Å². The van der Waals surface area contributed by atoms with Gasteiger partial charge in [0.2, 0.25) is 0 Å². The zero-order valence-corrected chi connectivity index (χ0v) is 15.5. The van der Waals surface area contributed by atoms with Crippen molar-refractivity contribution in [3.05, 3.63) is 30.6 Å². The molecule has 3 aromatic rings. The second kappa shape index (κ2) is 6.09. The van der Waals surface area contributed by atoms with Crippen LogP contribution in [0.25, 0.3) is 21.9 Å². The van der Waals surface area contributed by atoms with Crippen LogP contribution in [0.1, 0.15) is 12.8 Å². The zero-order valence-electron chi connectivity index (χ0n) is 14.7. The monoisotopic (exact) mass is 372 g/mol. The molecule has 136 valence electrons. The van der Waals surface area contributed by atoms with Crippen LogP contribution >= 0.6 is 12.1 Å². The van der Waals surface area contributed by atoms with Gasteiger partial charge in [0, 0.05) is 66.6 Å².